The summed E-state index contributed by atoms with van der Waals surface area (Å²) in [5.74, 6) is -0.318. The average Bonchev–Trinajstić information content (AvgIpc) is 2.90. The maximum absolute atomic E-state index is 11.4. The van der Waals surface area contributed by atoms with E-state index in [0.29, 0.717) is 15.7 Å². The fourth-order valence-corrected chi connectivity index (χ4v) is 2.48. The third-order valence-corrected chi connectivity index (χ3v) is 3.87. The van der Waals surface area contributed by atoms with Gasteiger partial charge in [0.05, 0.1) is 15.7 Å². The number of H-pyrrole nitrogens is 1. The van der Waals surface area contributed by atoms with E-state index in [0.717, 1.165) is 22.2 Å². The highest BCUT2D eigenvalue weighted by molar-refractivity contribution is 6.35. The Morgan fingerprint density at radius 2 is 2.05 bits per heavy atom. The van der Waals surface area contributed by atoms with Crippen molar-refractivity contribution < 1.29 is 4.79 Å². The average molecular weight is 332 g/mol. The van der Waals surface area contributed by atoms with Gasteiger partial charge in [-0.3, -0.25) is 4.79 Å². The van der Waals surface area contributed by atoms with Crippen molar-refractivity contribution in [3.05, 3.63) is 59.4 Å². The van der Waals surface area contributed by atoms with Gasteiger partial charge in [0.2, 0.25) is 5.91 Å². The first kappa shape index (κ1) is 14.6. The molecule has 2 aromatic heterocycles. The van der Waals surface area contributed by atoms with Crippen LogP contribution in [0.2, 0.25) is 10.0 Å². The normalized spacial score (nSPS) is 10.6. The molecule has 2 heterocycles. The Morgan fingerprint density at radius 1 is 1.23 bits per heavy atom. The Bertz CT molecular complexity index is 886. The number of rotatable bonds is 3. The van der Waals surface area contributed by atoms with E-state index in [1.54, 1.807) is 24.5 Å². The lowest BCUT2D eigenvalue weighted by Gasteiger charge is -2.08. The maximum Gasteiger partial charge on any atom is 0.247 e. The van der Waals surface area contributed by atoms with Gasteiger partial charge in [-0.25, -0.2) is 4.98 Å². The van der Waals surface area contributed by atoms with Crippen molar-refractivity contribution in [2.45, 2.75) is 0 Å². The Balaban J connectivity index is 2.06. The van der Waals surface area contributed by atoms with Crippen LogP contribution < -0.4 is 5.32 Å². The quantitative estimate of drug-likeness (QED) is 0.685. The number of carbonyl (C=O) groups is 1. The Hall–Kier alpha value is -2.30. The fourth-order valence-electron chi connectivity index (χ4n) is 2.11. The van der Waals surface area contributed by atoms with Gasteiger partial charge in [0, 0.05) is 23.3 Å². The zero-order valence-electron chi connectivity index (χ0n) is 11.4. The summed E-state index contributed by atoms with van der Waals surface area (Å²) < 4.78 is 0. The van der Waals surface area contributed by atoms with Crippen LogP contribution in [-0.4, -0.2) is 15.9 Å². The molecule has 0 atom stereocenters. The van der Waals surface area contributed by atoms with Crippen LogP contribution in [0.4, 0.5) is 5.69 Å². The second-order valence-corrected chi connectivity index (χ2v) is 5.46. The van der Waals surface area contributed by atoms with Crippen LogP contribution in [0.25, 0.3) is 22.2 Å². The van der Waals surface area contributed by atoms with E-state index in [4.69, 9.17) is 23.2 Å². The molecule has 22 heavy (non-hydrogen) atoms. The number of halogens is 2. The van der Waals surface area contributed by atoms with Crippen molar-refractivity contribution in [3.63, 3.8) is 0 Å². The van der Waals surface area contributed by atoms with E-state index < -0.39 is 0 Å². The van der Waals surface area contributed by atoms with Crippen molar-refractivity contribution in [1.29, 1.82) is 0 Å². The zero-order valence-corrected chi connectivity index (χ0v) is 12.9. The molecule has 0 spiro atoms. The van der Waals surface area contributed by atoms with Gasteiger partial charge in [-0.1, -0.05) is 35.8 Å². The molecule has 1 aromatic carbocycles. The number of aromatic amines is 1. The van der Waals surface area contributed by atoms with Crippen molar-refractivity contribution in [1.82, 2.24) is 9.97 Å². The number of nitrogens with zero attached hydrogens (tertiary/aromatic N) is 1. The number of carbonyl (C=O) groups excluding carboxylic acids is 1. The highest BCUT2D eigenvalue weighted by Gasteiger charge is 2.09. The Kier molecular flexibility index (Phi) is 3.88. The van der Waals surface area contributed by atoms with E-state index in [1.165, 1.54) is 6.08 Å². The molecular formula is C16H11Cl2N3O. The largest absolute Gasteiger partial charge is 0.345 e. The smallest absolute Gasteiger partial charge is 0.247 e. The van der Waals surface area contributed by atoms with E-state index in [1.807, 2.05) is 12.1 Å². The minimum absolute atomic E-state index is 0.318. The summed E-state index contributed by atoms with van der Waals surface area (Å²) in [6.45, 7) is 3.42. The molecule has 2 N–H and O–H groups in total. The van der Waals surface area contributed by atoms with Crippen LogP contribution in [0.3, 0.4) is 0 Å². The molecule has 0 saturated carbocycles. The number of pyridine rings is 1. The molecule has 0 fully saturated rings. The minimum Gasteiger partial charge on any atom is -0.345 e. The second kappa shape index (κ2) is 5.83. The predicted octanol–water partition coefficient (Wildman–Crippen LogP) is 4.66. The number of amides is 1. The summed E-state index contributed by atoms with van der Waals surface area (Å²) in [4.78, 5) is 18.8. The standard InChI is InChI=1S/C16H11Cl2N3O/c1-2-15(22)21-14-6-9(3-4-12(14)17)10-5-11-13(18)8-20-16(11)19-7-10/h2-8H,1H2,(H,19,20)(H,21,22). The monoisotopic (exact) mass is 331 g/mol. The van der Waals surface area contributed by atoms with Gasteiger partial charge in [-0.2, -0.15) is 0 Å². The number of aromatic nitrogens is 2. The lowest BCUT2D eigenvalue weighted by atomic mass is 10.1. The first-order valence-corrected chi connectivity index (χ1v) is 7.20. The van der Waals surface area contributed by atoms with Gasteiger partial charge < -0.3 is 10.3 Å². The number of anilines is 1. The van der Waals surface area contributed by atoms with Crippen molar-refractivity contribution in [2.24, 2.45) is 0 Å². The summed E-state index contributed by atoms with van der Waals surface area (Å²) in [5.41, 5.74) is 2.99. The molecule has 0 aliphatic carbocycles. The van der Waals surface area contributed by atoms with Crippen molar-refractivity contribution >= 4 is 45.8 Å². The predicted molar refractivity (Wildman–Crippen MR) is 90.4 cm³/mol. The van der Waals surface area contributed by atoms with E-state index in [-0.39, 0.29) is 5.91 Å². The van der Waals surface area contributed by atoms with Crippen molar-refractivity contribution in [2.75, 3.05) is 5.32 Å². The van der Waals surface area contributed by atoms with Crippen LogP contribution in [0.1, 0.15) is 0 Å². The molecule has 6 heteroatoms. The third-order valence-electron chi connectivity index (χ3n) is 3.22. The van der Waals surface area contributed by atoms with Crippen LogP contribution in [0.5, 0.6) is 0 Å². The summed E-state index contributed by atoms with van der Waals surface area (Å²) >= 11 is 12.2. The summed E-state index contributed by atoms with van der Waals surface area (Å²) in [5, 5.41) is 4.57. The molecule has 3 rings (SSSR count). The lowest BCUT2D eigenvalue weighted by molar-refractivity contribution is -0.111. The lowest BCUT2D eigenvalue weighted by Crippen LogP contribution is -2.07. The van der Waals surface area contributed by atoms with E-state index >= 15 is 0 Å². The molecule has 0 aliphatic rings. The Labute approximate surface area is 136 Å². The molecule has 0 saturated heterocycles. The van der Waals surface area contributed by atoms with Gasteiger partial charge in [0.15, 0.2) is 0 Å². The molecular weight excluding hydrogens is 321 g/mol. The molecule has 0 aliphatic heterocycles. The highest BCUT2D eigenvalue weighted by atomic mass is 35.5. The van der Waals surface area contributed by atoms with Crippen LogP contribution in [-0.2, 0) is 4.79 Å². The molecule has 0 radical (unpaired) electrons. The van der Waals surface area contributed by atoms with Crippen molar-refractivity contribution in [3.8, 4) is 11.1 Å². The van der Waals surface area contributed by atoms with Gasteiger partial charge in [-0.05, 0) is 29.8 Å². The van der Waals surface area contributed by atoms with Gasteiger partial charge >= 0.3 is 0 Å². The van der Waals surface area contributed by atoms with E-state index in [9.17, 15) is 4.79 Å². The van der Waals surface area contributed by atoms with Gasteiger partial charge in [0.1, 0.15) is 5.65 Å². The zero-order chi connectivity index (χ0) is 15.7. The molecule has 0 bridgehead atoms. The first-order valence-electron chi connectivity index (χ1n) is 6.44. The summed E-state index contributed by atoms with van der Waals surface area (Å²) in [6, 6.07) is 7.30. The van der Waals surface area contributed by atoms with Crippen LogP contribution in [0.15, 0.2) is 49.3 Å². The first-order chi connectivity index (χ1) is 10.6. The van der Waals surface area contributed by atoms with Crippen LogP contribution in [0, 0.1) is 0 Å². The fraction of sp³-hybridized carbons (Fsp3) is 0. The maximum atomic E-state index is 11.4. The van der Waals surface area contributed by atoms with Crippen LogP contribution >= 0.6 is 23.2 Å². The summed E-state index contributed by atoms with van der Waals surface area (Å²) in [7, 11) is 0. The molecule has 110 valence electrons. The third kappa shape index (κ3) is 2.71. The number of hydrogen-bond acceptors (Lipinski definition) is 2. The number of benzene rings is 1. The Morgan fingerprint density at radius 3 is 2.82 bits per heavy atom. The number of nitrogens with one attached hydrogen (secondary N) is 2. The molecule has 4 nitrogen and oxygen atoms in total. The highest BCUT2D eigenvalue weighted by Crippen LogP contribution is 2.31. The van der Waals surface area contributed by atoms with Gasteiger partial charge in [-0.15, -0.1) is 0 Å². The SMILES string of the molecule is C=CC(=O)Nc1cc(-c2cnc3[nH]cc(Cl)c3c2)ccc1Cl. The molecule has 0 unspecified atom stereocenters. The number of fused-ring (bicyclic) bond motifs is 1. The molecule has 1 amide bonds. The van der Waals surface area contributed by atoms with E-state index in [2.05, 4.69) is 21.9 Å². The summed E-state index contributed by atoms with van der Waals surface area (Å²) in [6.07, 6.45) is 4.62. The minimum atomic E-state index is -0.318. The van der Waals surface area contributed by atoms with Gasteiger partial charge in [0.25, 0.3) is 0 Å². The topological polar surface area (TPSA) is 57.8 Å². The molecule has 3 aromatic rings. The number of hydrogen-bond donors (Lipinski definition) is 2. The second-order valence-electron chi connectivity index (χ2n) is 4.64.